The summed E-state index contributed by atoms with van der Waals surface area (Å²) < 4.78 is 31.2. The molecule has 32 heavy (non-hydrogen) atoms. The lowest BCUT2D eigenvalue weighted by Crippen LogP contribution is -2.27. The van der Waals surface area contributed by atoms with Crippen molar-refractivity contribution in [2.45, 2.75) is 32.1 Å². The van der Waals surface area contributed by atoms with Crippen LogP contribution in [0.15, 0.2) is 52.9 Å². The second-order valence-corrected chi connectivity index (χ2v) is 9.18. The van der Waals surface area contributed by atoms with Gasteiger partial charge in [-0.1, -0.05) is 32.0 Å². The number of fused-ring (bicyclic) bond motifs is 1. The molecule has 0 spiro atoms. The standard InChI is InChI=1S/C26H30FNO3S/c1-5-28(6-2)13-14-31-26(29)17-24-18(3)23(22-12-9-20(27)16-25(22)24)15-19-7-10-21(11-8-19)32(4)30/h7-12,15-16H,5-6,13-14,17H2,1-4H3/b23-15-. The minimum absolute atomic E-state index is 0.103. The highest BCUT2D eigenvalue weighted by atomic mass is 32.2. The van der Waals surface area contributed by atoms with Crippen LogP contribution in [0.3, 0.4) is 0 Å². The first-order valence-corrected chi connectivity index (χ1v) is 12.4. The molecule has 0 heterocycles. The number of allylic oxidation sites excluding steroid dienone is 2. The SMILES string of the molecule is CCN(CC)CCOC(=O)CC1=C(C)/C(=C/c2ccc(S(C)=O)cc2)c2ccc(F)cc21. The summed E-state index contributed by atoms with van der Waals surface area (Å²) in [6.45, 7) is 8.97. The molecule has 2 aromatic rings. The van der Waals surface area contributed by atoms with Gasteiger partial charge in [-0.25, -0.2) is 4.39 Å². The van der Waals surface area contributed by atoms with Gasteiger partial charge >= 0.3 is 5.97 Å². The maximum absolute atomic E-state index is 14.1. The highest BCUT2D eigenvalue weighted by molar-refractivity contribution is 7.84. The summed E-state index contributed by atoms with van der Waals surface area (Å²) in [6, 6.07) is 12.2. The predicted molar refractivity (Wildman–Crippen MR) is 129 cm³/mol. The van der Waals surface area contributed by atoms with Crippen LogP contribution in [-0.2, 0) is 20.3 Å². The van der Waals surface area contributed by atoms with Crippen LogP contribution in [0.5, 0.6) is 0 Å². The predicted octanol–water partition coefficient (Wildman–Crippen LogP) is 5.17. The van der Waals surface area contributed by atoms with Gasteiger partial charge < -0.3 is 9.64 Å². The number of ether oxygens (including phenoxy) is 1. The molecule has 1 aliphatic rings. The molecular formula is C26H30FNO3S. The Bertz CT molecular complexity index is 1070. The van der Waals surface area contributed by atoms with Gasteiger partial charge in [-0.2, -0.15) is 0 Å². The van der Waals surface area contributed by atoms with Crippen LogP contribution in [0.1, 0.15) is 43.9 Å². The Kier molecular flexibility index (Phi) is 8.15. The Morgan fingerprint density at radius 3 is 2.41 bits per heavy atom. The van der Waals surface area contributed by atoms with Gasteiger partial charge in [-0.05, 0) is 83.8 Å². The summed E-state index contributed by atoms with van der Waals surface area (Å²) in [4.78, 5) is 15.5. The van der Waals surface area contributed by atoms with Crippen molar-refractivity contribution in [3.8, 4) is 0 Å². The van der Waals surface area contributed by atoms with Crippen molar-refractivity contribution in [3.05, 3.63) is 70.5 Å². The van der Waals surface area contributed by atoms with Crippen LogP contribution in [-0.4, -0.2) is 47.6 Å². The minimum atomic E-state index is -1.03. The number of halogens is 1. The molecule has 4 nitrogen and oxygen atoms in total. The molecule has 6 heteroatoms. The highest BCUT2D eigenvalue weighted by Gasteiger charge is 2.26. The zero-order valence-corrected chi connectivity index (χ0v) is 19.9. The second kappa shape index (κ2) is 10.8. The largest absolute Gasteiger partial charge is 0.464 e. The molecule has 0 amide bonds. The van der Waals surface area contributed by atoms with Crippen molar-refractivity contribution >= 4 is 34.0 Å². The average Bonchev–Trinajstić information content (AvgIpc) is 3.02. The Labute approximate surface area is 192 Å². The van der Waals surface area contributed by atoms with E-state index in [0.29, 0.717) is 13.2 Å². The summed E-state index contributed by atoms with van der Waals surface area (Å²) in [5.74, 6) is -0.641. The molecule has 0 fully saturated rings. The first-order chi connectivity index (χ1) is 15.3. The van der Waals surface area contributed by atoms with Gasteiger partial charge in [0.2, 0.25) is 0 Å². The van der Waals surface area contributed by atoms with Crippen molar-refractivity contribution in [2.24, 2.45) is 0 Å². The number of hydrogen-bond acceptors (Lipinski definition) is 4. The van der Waals surface area contributed by atoms with E-state index in [-0.39, 0.29) is 18.2 Å². The van der Waals surface area contributed by atoms with Crippen molar-refractivity contribution in [3.63, 3.8) is 0 Å². The molecule has 0 saturated carbocycles. The Morgan fingerprint density at radius 2 is 1.78 bits per heavy atom. The molecule has 0 N–H and O–H groups in total. The fourth-order valence-electron chi connectivity index (χ4n) is 3.93. The number of nitrogens with zero attached hydrogens (tertiary/aromatic N) is 1. The van der Waals surface area contributed by atoms with E-state index >= 15 is 0 Å². The number of benzene rings is 2. The van der Waals surface area contributed by atoms with E-state index < -0.39 is 10.8 Å². The third-order valence-electron chi connectivity index (χ3n) is 5.86. The van der Waals surface area contributed by atoms with Crippen LogP contribution < -0.4 is 0 Å². The first-order valence-electron chi connectivity index (χ1n) is 10.9. The average molecular weight is 456 g/mol. The number of likely N-dealkylation sites (N-methyl/N-ethyl adjacent to an activating group) is 1. The maximum atomic E-state index is 14.1. The normalized spacial score (nSPS) is 15.4. The van der Waals surface area contributed by atoms with Gasteiger partial charge in [0.1, 0.15) is 12.4 Å². The topological polar surface area (TPSA) is 46.6 Å². The number of carbonyl (C=O) groups excluding carboxylic acids is 1. The molecule has 1 unspecified atom stereocenters. The van der Waals surface area contributed by atoms with Crippen LogP contribution in [0.2, 0.25) is 0 Å². The maximum Gasteiger partial charge on any atom is 0.310 e. The smallest absolute Gasteiger partial charge is 0.310 e. The number of rotatable bonds is 9. The van der Waals surface area contributed by atoms with Crippen LogP contribution >= 0.6 is 0 Å². The van der Waals surface area contributed by atoms with Crippen molar-refractivity contribution in [1.29, 1.82) is 0 Å². The van der Waals surface area contributed by atoms with E-state index in [4.69, 9.17) is 4.74 Å². The number of hydrogen-bond donors (Lipinski definition) is 0. The Hall–Kier alpha value is -2.57. The minimum Gasteiger partial charge on any atom is -0.464 e. The Morgan fingerprint density at radius 1 is 1.09 bits per heavy atom. The van der Waals surface area contributed by atoms with Crippen LogP contribution in [0.4, 0.5) is 4.39 Å². The van der Waals surface area contributed by atoms with Gasteiger partial charge in [-0.15, -0.1) is 0 Å². The molecule has 0 saturated heterocycles. The zero-order valence-electron chi connectivity index (χ0n) is 19.1. The third-order valence-corrected chi connectivity index (χ3v) is 6.80. The molecule has 0 aromatic heterocycles. The Balaban J connectivity index is 1.85. The van der Waals surface area contributed by atoms with E-state index in [1.807, 2.05) is 37.3 Å². The van der Waals surface area contributed by atoms with Crippen molar-refractivity contribution < 1.29 is 18.1 Å². The summed E-state index contributed by atoms with van der Waals surface area (Å²) in [6.07, 6.45) is 3.77. The molecule has 1 atom stereocenters. The molecule has 0 radical (unpaired) electrons. The summed E-state index contributed by atoms with van der Waals surface area (Å²) >= 11 is 0. The van der Waals surface area contributed by atoms with Crippen LogP contribution in [0, 0.1) is 5.82 Å². The summed E-state index contributed by atoms with van der Waals surface area (Å²) in [7, 11) is -1.03. The van der Waals surface area contributed by atoms with Crippen LogP contribution in [0.25, 0.3) is 17.2 Å². The third kappa shape index (κ3) is 5.61. The molecule has 0 aliphatic heterocycles. The molecule has 1 aliphatic carbocycles. The first kappa shape index (κ1) is 24.1. The van der Waals surface area contributed by atoms with Gasteiger partial charge in [0.25, 0.3) is 0 Å². The van der Waals surface area contributed by atoms with E-state index in [1.54, 1.807) is 12.3 Å². The van der Waals surface area contributed by atoms with Gasteiger partial charge in [0, 0.05) is 28.5 Å². The molecular weight excluding hydrogens is 425 g/mol. The molecule has 3 rings (SSSR count). The fourth-order valence-corrected chi connectivity index (χ4v) is 4.45. The molecule has 2 aromatic carbocycles. The van der Waals surface area contributed by atoms with E-state index in [2.05, 4.69) is 18.7 Å². The molecule has 0 bridgehead atoms. The van der Waals surface area contributed by atoms with E-state index in [0.717, 1.165) is 51.4 Å². The van der Waals surface area contributed by atoms with Gasteiger partial charge in [0.05, 0.1) is 6.42 Å². The van der Waals surface area contributed by atoms with Crippen molar-refractivity contribution in [2.75, 3.05) is 32.5 Å². The van der Waals surface area contributed by atoms with Gasteiger partial charge in [0.15, 0.2) is 0 Å². The lowest BCUT2D eigenvalue weighted by Gasteiger charge is -2.17. The zero-order chi connectivity index (χ0) is 23.3. The van der Waals surface area contributed by atoms with Crippen molar-refractivity contribution in [1.82, 2.24) is 4.90 Å². The lowest BCUT2D eigenvalue weighted by atomic mass is 10.0. The summed E-state index contributed by atoms with van der Waals surface area (Å²) in [5.41, 5.74) is 5.28. The highest BCUT2D eigenvalue weighted by Crippen LogP contribution is 2.44. The fraction of sp³-hybridized carbons (Fsp3) is 0.346. The quantitative estimate of drug-likeness (QED) is 0.490. The number of carbonyl (C=O) groups is 1. The lowest BCUT2D eigenvalue weighted by molar-refractivity contribution is -0.142. The summed E-state index contributed by atoms with van der Waals surface area (Å²) in [5, 5.41) is 0. The molecule has 170 valence electrons. The number of esters is 1. The van der Waals surface area contributed by atoms with E-state index in [1.165, 1.54) is 12.1 Å². The monoisotopic (exact) mass is 455 g/mol. The van der Waals surface area contributed by atoms with E-state index in [9.17, 15) is 13.4 Å². The van der Waals surface area contributed by atoms with Gasteiger partial charge in [-0.3, -0.25) is 9.00 Å². The second-order valence-electron chi connectivity index (χ2n) is 7.80.